The Morgan fingerprint density at radius 1 is 1.16 bits per heavy atom. The van der Waals surface area contributed by atoms with Crippen LogP contribution in [0.3, 0.4) is 0 Å². The van der Waals surface area contributed by atoms with Gasteiger partial charge in [-0.25, -0.2) is 0 Å². The van der Waals surface area contributed by atoms with Crippen LogP contribution in [0, 0.1) is 5.92 Å². The molecule has 1 amide bonds. The van der Waals surface area contributed by atoms with Gasteiger partial charge in [-0.1, -0.05) is 60.2 Å². The molecule has 0 saturated heterocycles. The zero-order valence-corrected chi connectivity index (χ0v) is 12.9. The molecule has 3 heteroatoms. The van der Waals surface area contributed by atoms with E-state index in [4.69, 9.17) is 0 Å². The number of carbonyl (C=O) groups excluding carboxylic acids is 1. The molecule has 1 aromatic carbocycles. The summed E-state index contributed by atoms with van der Waals surface area (Å²) in [5.74, 6) is 0.924. The van der Waals surface area contributed by atoms with Crippen molar-refractivity contribution in [2.24, 2.45) is 5.92 Å². The summed E-state index contributed by atoms with van der Waals surface area (Å²) in [6, 6.07) is 8.00. The maximum Gasteiger partial charge on any atom is 0.224 e. The van der Waals surface area contributed by atoms with Crippen molar-refractivity contribution < 1.29 is 4.79 Å². The van der Waals surface area contributed by atoms with Gasteiger partial charge in [0.15, 0.2) is 0 Å². The van der Waals surface area contributed by atoms with E-state index in [-0.39, 0.29) is 5.91 Å². The largest absolute Gasteiger partial charge is 0.326 e. The quantitative estimate of drug-likeness (QED) is 0.768. The van der Waals surface area contributed by atoms with Crippen LogP contribution in [0.5, 0.6) is 0 Å². The minimum Gasteiger partial charge on any atom is -0.326 e. The highest BCUT2D eigenvalue weighted by molar-refractivity contribution is 9.08. The van der Waals surface area contributed by atoms with Gasteiger partial charge in [0.05, 0.1) is 0 Å². The lowest BCUT2D eigenvalue weighted by molar-refractivity contribution is -0.116. The first-order chi connectivity index (χ1) is 9.28. The highest BCUT2D eigenvalue weighted by atomic mass is 79.9. The van der Waals surface area contributed by atoms with Crippen LogP contribution in [0.4, 0.5) is 5.69 Å². The number of nitrogens with one attached hydrogen (secondary N) is 1. The highest BCUT2D eigenvalue weighted by Gasteiger charge is 2.14. The molecule has 0 aliphatic heterocycles. The van der Waals surface area contributed by atoms with Crippen molar-refractivity contribution >= 4 is 27.5 Å². The Morgan fingerprint density at radius 2 is 1.84 bits per heavy atom. The first-order valence-corrected chi connectivity index (χ1v) is 8.35. The van der Waals surface area contributed by atoms with Crippen LogP contribution < -0.4 is 5.32 Å². The van der Waals surface area contributed by atoms with Gasteiger partial charge in [-0.05, 0) is 30.0 Å². The summed E-state index contributed by atoms with van der Waals surface area (Å²) >= 11 is 3.41. The third-order valence-corrected chi connectivity index (χ3v) is 4.54. The van der Waals surface area contributed by atoms with Crippen molar-refractivity contribution in [2.75, 3.05) is 5.32 Å². The van der Waals surface area contributed by atoms with Gasteiger partial charge in [-0.3, -0.25) is 4.79 Å². The van der Waals surface area contributed by atoms with Crippen molar-refractivity contribution in [1.29, 1.82) is 0 Å². The summed E-state index contributed by atoms with van der Waals surface area (Å²) in [5.41, 5.74) is 2.12. The monoisotopic (exact) mass is 323 g/mol. The average Bonchev–Trinajstić information content (AvgIpc) is 2.47. The first-order valence-electron chi connectivity index (χ1n) is 7.22. The molecule has 1 N–H and O–H groups in total. The van der Waals surface area contributed by atoms with Crippen LogP contribution in [0.1, 0.15) is 50.5 Å². The average molecular weight is 324 g/mol. The van der Waals surface area contributed by atoms with Gasteiger partial charge >= 0.3 is 0 Å². The summed E-state index contributed by atoms with van der Waals surface area (Å²) in [6.07, 6.45) is 8.40. The molecule has 0 unspecified atom stereocenters. The molecule has 0 heterocycles. The third-order valence-electron chi connectivity index (χ3n) is 3.90. The second-order valence-electron chi connectivity index (χ2n) is 5.42. The van der Waals surface area contributed by atoms with E-state index in [2.05, 4.69) is 21.2 Å². The maximum absolute atomic E-state index is 11.9. The zero-order chi connectivity index (χ0) is 13.5. The number of rotatable bonds is 5. The number of hydrogen-bond donors (Lipinski definition) is 1. The van der Waals surface area contributed by atoms with E-state index in [9.17, 15) is 4.79 Å². The molecule has 2 rings (SSSR count). The predicted molar refractivity (Wildman–Crippen MR) is 83.5 cm³/mol. The molecular formula is C16H22BrNO. The molecule has 2 nitrogen and oxygen atoms in total. The van der Waals surface area contributed by atoms with Gasteiger partial charge in [0.25, 0.3) is 0 Å². The molecule has 1 fully saturated rings. The van der Waals surface area contributed by atoms with E-state index < -0.39 is 0 Å². The molecule has 1 aliphatic carbocycles. The predicted octanol–water partition coefficient (Wildman–Crippen LogP) is 4.88. The number of hydrogen-bond acceptors (Lipinski definition) is 1. The Bertz CT molecular complexity index is 396. The van der Waals surface area contributed by atoms with Gasteiger partial charge in [0, 0.05) is 17.4 Å². The fraction of sp³-hybridized carbons (Fsp3) is 0.562. The number of amides is 1. The van der Waals surface area contributed by atoms with E-state index in [1.807, 2.05) is 24.3 Å². The first kappa shape index (κ1) is 14.6. The van der Waals surface area contributed by atoms with Crippen molar-refractivity contribution in [2.45, 2.75) is 50.3 Å². The summed E-state index contributed by atoms with van der Waals surface area (Å²) in [4.78, 5) is 11.9. The van der Waals surface area contributed by atoms with Crippen molar-refractivity contribution in [1.82, 2.24) is 0 Å². The van der Waals surface area contributed by atoms with Gasteiger partial charge in [0.1, 0.15) is 0 Å². The van der Waals surface area contributed by atoms with Gasteiger partial charge < -0.3 is 5.32 Å². The molecular weight excluding hydrogens is 302 g/mol. The smallest absolute Gasteiger partial charge is 0.224 e. The molecule has 0 aromatic heterocycles. The van der Waals surface area contributed by atoms with E-state index in [0.717, 1.165) is 23.4 Å². The Balaban J connectivity index is 1.73. The second-order valence-corrected chi connectivity index (χ2v) is 5.98. The van der Waals surface area contributed by atoms with Gasteiger partial charge in [-0.2, -0.15) is 0 Å². The van der Waals surface area contributed by atoms with E-state index >= 15 is 0 Å². The number of carbonyl (C=O) groups is 1. The summed E-state index contributed by atoms with van der Waals surface area (Å²) in [7, 11) is 0. The minimum absolute atomic E-state index is 0.150. The number of benzene rings is 1. The Labute approximate surface area is 124 Å². The Morgan fingerprint density at radius 3 is 2.47 bits per heavy atom. The van der Waals surface area contributed by atoms with Crippen LogP contribution in [0.25, 0.3) is 0 Å². The summed E-state index contributed by atoms with van der Waals surface area (Å²) in [5, 5.41) is 3.83. The van der Waals surface area contributed by atoms with Crippen LogP contribution in [-0.4, -0.2) is 5.91 Å². The van der Waals surface area contributed by atoms with Crippen LogP contribution in [-0.2, 0) is 10.1 Å². The van der Waals surface area contributed by atoms with Gasteiger partial charge in [0.2, 0.25) is 5.91 Å². The Kier molecular flexibility index (Phi) is 5.90. The maximum atomic E-state index is 11.9. The fourth-order valence-electron chi connectivity index (χ4n) is 2.71. The number of alkyl halides is 1. The number of halogens is 1. The molecule has 0 spiro atoms. The van der Waals surface area contributed by atoms with Crippen molar-refractivity contribution in [3.05, 3.63) is 29.8 Å². The lowest BCUT2D eigenvalue weighted by Gasteiger charge is -2.21. The lowest BCUT2D eigenvalue weighted by atomic mass is 9.86. The molecule has 0 bridgehead atoms. The third kappa shape index (κ3) is 4.98. The van der Waals surface area contributed by atoms with E-state index in [1.165, 1.54) is 37.7 Å². The molecule has 0 radical (unpaired) electrons. The Hall–Kier alpha value is -0.830. The van der Waals surface area contributed by atoms with Crippen LogP contribution in [0.15, 0.2) is 24.3 Å². The molecule has 104 valence electrons. The molecule has 1 saturated carbocycles. The van der Waals surface area contributed by atoms with Crippen molar-refractivity contribution in [3.63, 3.8) is 0 Å². The van der Waals surface area contributed by atoms with Gasteiger partial charge in [-0.15, -0.1) is 0 Å². The molecule has 0 atom stereocenters. The standard InChI is InChI=1S/C16H22BrNO/c17-12-14-6-9-15(10-7-14)18-16(19)11-8-13-4-2-1-3-5-13/h6-7,9-10,13H,1-5,8,11-12H2,(H,18,19). The number of anilines is 1. The SMILES string of the molecule is O=C(CCC1CCCCC1)Nc1ccc(CBr)cc1. The zero-order valence-electron chi connectivity index (χ0n) is 11.3. The fourth-order valence-corrected chi connectivity index (χ4v) is 3.09. The van der Waals surface area contributed by atoms with Crippen molar-refractivity contribution in [3.8, 4) is 0 Å². The normalized spacial score (nSPS) is 16.3. The van der Waals surface area contributed by atoms with Crippen LogP contribution in [0.2, 0.25) is 0 Å². The van der Waals surface area contributed by atoms with E-state index in [0.29, 0.717) is 6.42 Å². The van der Waals surface area contributed by atoms with Crippen LogP contribution >= 0.6 is 15.9 Å². The molecule has 1 aromatic rings. The summed E-state index contributed by atoms with van der Waals surface area (Å²) < 4.78 is 0. The topological polar surface area (TPSA) is 29.1 Å². The van der Waals surface area contributed by atoms with E-state index in [1.54, 1.807) is 0 Å². The summed E-state index contributed by atoms with van der Waals surface area (Å²) in [6.45, 7) is 0. The lowest BCUT2D eigenvalue weighted by Crippen LogP contribution is -2.14. The second kappa shape index (κ2) is 7.68. The molecule has 1 aliphatic rings. The minimum atomic E-state index is 0.150. The molecule has 19 heavy (non-hydrogen) atoms. The highest BCUT2D eigenvalue weighted by Crippen LogP contribution is 2.27.